The molecule has 8 nitrogen and oxygen atoms in total. The Kier molecular flexibility index (Phi) is 6.89. The van der Waals surface area contributed by atoms with Gasteiger partial charge in [0.2, 0.25) is 15.9 Å². The van der Waals surface area contributed by atoms with Crippen molar-refractivity contribution in [3.8, 4) is 6.07 Å². The van der Waals surface area contributed by atoms with E-state index in [2.05, 4.69) is 16.5 Å². The zero-order valence-electron chi connectivity index (χ0n) is 14.5. The lowest BCUT2D eigenvalue weighted by atomic mass is 10.2. The number of rotatable bonds is 9. The molecule has 0 bridgehead atoms. The summed E-state index contributed by atoms with van der Waals surface area (Å²) in [5.41, 5.74) is 0.501. The van der Waals surface area contributed by atoms with E-state index in [0.717, 1.165) is 17.1 Å². The normalized spacial score (nSPS) is 11.3. The quantitative estimate of drug-likeness (QED) is 0.673. The van der Waals surface area contributed by atoms with Crippen LogP contribution in [-0.4, -0.2) is 42.0 Å². The lowest BCUT2D eigenvalue weighted by Crippen LogP contribution is -2.34. The van der Waals surface area contributed by atoms with Crippen LogP contribution in [0.1, 0.15) is 19.3 Å². The molecule has 1 aromatic heterocycles. The topological polar surface area (TPSA) is 108 Å². The summed E-state index contributed by atoms with van der Waals surface area (Å²) in [4.78, 5) is 12.3. The first kappa shape index (κ1) is 19.6. The number of aryl methyl sites for hydroxylation is 1. The fourth-order valence-corrected chi connectivity index (χ4v) is 3.44. The lowest BCUT2D eigenvalue weighted by molar-refractivity contribution is -0.116. The second-order valence-corrected chi connectivity index (χ2v) is 7.77. The number of sulfonamides is 1. The molecule has 0 atom stereocenters. The maximum atomic E-state index is 12.4. The van der Waals surface area contributed by atoms with Gasteiger partial charge in [0.1, 0.15) is 0 Å². The lowest BCUT2D eigenvalue weighted by Gasteiger charge is -2.16. The molecule has 0 saturated heterocycles. The van der Waals surface area contributed by atoms with Gasteiger partial charge in [0.15, 0.2) is 0 Å². The van der Waals surface area contributed by atoms with Crippen LogP contribution in [0.15, 0.2) is 47.6 Å². The van der Waals surface area contributed by atoms with Crippen LogP contribution in [0.5, 0.6) is 0 Å². The summed E-state index contributed by atoms with van der Waals surface area (Å²) in [6.07, 6.45) is 5.30. The van der Waals surface area contributed by atoms with Crippen LogP contribution >= 0.6 is 0 Å². The summed E-state index contributed by atoms with van der Waals surface area (Å²) in [5.74, 6) is -0.448. The van der Waals surface area contributed by atoms with E-state index in [9.17, 15) is 13.2 Å². The van der Waals surface area contributed by atoms with Crippen LogP contribution in [0, 0.1) is 11.3 Å². The Hall–Kier alpha value is -2.70. The summed E-state index contributed by atoms with van der Waals surface area (Å²) in [5, 5.41) is 15.3. The average Bonchev–Trinajstić information content (AvgIpc) is 3.06. The van der Waals surface area contributed by atoms with Gasteiger partial charge in [0, 0.05) is 26.2 Å². The smallest absolute Gasteiger partial charge is 0.243 e. The van der Waals surface area contributed by atoms with Crippen LogP contribution in [0.3, 0.4) is 0 Å². The second-order valence-electron chi connectivity index (χ2n) is 5.73. The molecule has 0 fully saturated rings. The minimum absolute atomic E-state index is 0.139. The van der Waals surface area contributed by atoms with Crippen molar-refractivity contribution in [2.75, 3.05) is 18.9 Å². The van der Waals surface area contributed by atoms with E-state index < -0.39 is 15.9 Å². The van der Waals surface area contributed by atoms with Crippen LogP contribution in [0.25, 0.3) is 0 Å². The van der Waals surface area contributed by atoms with Crippen LogP contribution in [0.4, 0.5) is 5.69 Å². The number of likely N-dealkylation sites (N-methyl/N-ethyl adjacent to an activating group) is 1. The van der Waals surface area contributed by atoms with Gasteiger partial charge < -0.3 is 5.32 Å². The number of carbonyl (C=O) groups is 1. The number of nitrogens with one attached hydrogen (secondary N) is 1. The summed E-state index contributed by atoms with van der Waals surface area (Å²) in [7, 11) is -2.35. The van der Waals surface area contributed by atoms with E-state index in [1.807, 2.05) is 0 Å². The number of nitrogens with zero attached hydrogens (tertiary/aromatic N) is 4. The minimum atomic E-state index is -3.71. The average molecular weight is 375 g/mol. The molecular weight excluding hydrogens is 354 g/mol. The third-order valence-corrected chi connectivity index (χ3v) is 5.48. The standard InChI is InChI=1S/C17H21N5O3S/c1-21(26(24,25)16-8-4-2-5-9-16)14-17(23)20-15-12-19-22(13-15)11-7-3-6-10-18/h2,4-5,8-9,12-13H,3,6-7,11,14H2,1H3,(H,20,23). The molecule has 0 radical (unpaired) electrons. The monoisotopic (exact) mass is 375 g/mol. The number of carbonyl (C=O) groups excluding carboxylic acids is 1. The van der Waals surface area contributed by atoms with Gasteiger partial charge in [-0.05, 0) is 25.0 Å². The Labute approximate surface area is 153 Å². The van der Waals surface area contributed by atoms with Gasteiger partial charge in [-0.1, -0.05) is 18.2 Å². The zero-order chi connectivity index (χ0) is 19.0. The number of hydrogen-bond acceptors (Lipinski definition) is 5. The van der Waals surface area contributed by atoms with Gasteiger partial charge in [0.25, 0.3) is 0 Å². The largest absolute Gasteiger partial charge is 0.322 e. The molecule has 1 heterocycles. The predicted octanol–water partition coefficient (Wildman–Crippen LogP) is 1.84. The fourth-order valence-electron chi connectivity index (χ4n) is 2.29. The van der Waals surface area contributed by atoms with Gasteiger partial charge in [-0.2, -0.15) is 14.7 Å². The van der Waals surface area contributed by atoms with Crippen LogP contribution < -0.4 is 5.32 Å². The molecule has 0 aliphatic heterocycles. The molecular formula is C17H21N5O3S. The Bertz CT molecular complexity index is 871. The van der Waals surface area contributed by atoms with Crippen molar-refractivity contribution in [3.63, 3.8) is 0 Å². The summed E-state index contributed by atoms with van der Waals surface area (Å²) in [6.45, 7) is 0.352. The van der Waals surface area contributed by atoms with E-state index in [1.54, 1.807) is 29.1 Å². The maximum Gasteiger partial charge on any atom is 0.243 e. The summed E-state index contributed by atoms with van der Waals surface area (Å²) in [6, 6.07) is 10.0. The fraction of sp³-hybridized carbons (Fsp3) is 0.353. The number of unbranched alkanes of at least 4 members (excludes halogenated alkanes) is 2. The Morgan fingerprint density at radius 2 is 2.04 bits per heavy atom. The maximum absolute atomic E-state index is 12.4. The highest BCUT2D eigenvalue weighted by Crippen LogP contribution is 2.13. The van der Waals surface area contributed by atoms with Crippen molar-refractivity contribution in [1.29, 1.82) is 5.26 Å². The van der Waals surface area contributed by atoms with Crippen LogP contribution in [-0.2, 0) is 21.4 Å². The van der Waals surface area contributed by atoms with Gasteiger partial charge in [-0.25, -0.2) is 8.42 Å². The molecule has 2 rings (SSSR count). The highest BCUT2D eigenvalue weighted by Gasteiger charge is 2.22. The Balaban J connectivity index is 1.88. The molecule has 9 heteroatoms. The molecule has 0 aliphatic carbocycles. The van der Waals surface area contributed by atoms with E-state index in [1.165, 1.54) is 25.4 Å². The van der Waals surface area contributed by atoms with Gasteiger partial charge in [-0.15, -0.1) is 0 Å². The molecule has 0 spiro atoms. The Morgan fingerprint density at radius 3 is 2.73 bits per heavy atom. The second kappa shape index (κ2) is 9.12. The first-order valence-corrected chi connectivity index (χ1v) is 9.58. The molecule has 0 aliphatic rings. The molecule has 1 amide bonds. The molecule has 1 N–H and O–H groups in total. The number of benzene rings is 1. The molecule has 2 aromatic rings. The van der Waals surface area contributed by atoms with Crippen molar-refractivity contribution in [2.45, 2.75) is 30.7 Å². The van der Waals surface area contributed by atoms with Crippen LogP contribution in [0.2, 0.25) is 0 Å². The zero-order valence-corrected chi connectivity index (χ0v) is 15.3. The molecule has 26 heavy (non-hydrogen) atoms. The van der Waals surface area contributed by atoms with E-state index in [4.69, 9.17) is 5.26 Å². The van der Waals surface area contributed by atoms with E-state index in [0.29, 0.717) is 18.7 Å². The molecule has 1 aromatic carbocycles. The van der Waals surface area contributed by atoms with Crippen molar-refractivity contribution in [1.82, 2.24) is 14.1 Å². The third kappa shape index (κ3) is 5.40. The van der Waals surface area contributed by atoms with Crippen molar-refractivity contribution >= 4 is 21.6 Å². The first-order valence-electron chi connectivity index (χ1n) is 8.14. The van der Waals surface area contributed by atoms with Crippen molar-refractivity contribution in [2.24, 2.45) is 0 Å². The van der Waals surface area contributed by atoms with Crippen molar-refractivity contribution < 1.29 is 13.2 Å². The minimum Gasteiger partial charge on any atom is -0.322 e. The van der Waals surface area contributed by atoms with E-state index >= 15 is 0 Å². The first-order chi connectivity index (χ1) is 12.4. The van der Waals surface area contributed by atoms with E-state index in [-0.39, 0.29) is 11.4 Å². The van der Waals surface area contributed by atoms with Crippen molar-refractivity contribution in [3.05, 3.63) is 42.7 Å². The molecule has 138 valence electrons. The van der Waals surface area contributed by atoms with Gasteiger partial charge in [-0.3, -0.25) is 9.48 Å². The number of nitriles is 1. The summed E-state index contributed by atoms with van der Waals surface area (Å²) >= 11 is 0. The SMILES string of the molecule is CN(CC(=O)Nc1cnn(CCCCC#N)c1)S(=O)(=O)c1ccccc1. The highest BCUT2D eigenvalue weighted by atomic mass is 32.2. The number of aromatic nitrogens is 2. The predicted molar refractivity (Wildman–Crippen MR) is 96.6 cm³/mol. The summed E-state index contributed by atoms with van der Waals surface area (Å²) < 4.78 is 27.5. The molecule has 0 saturated carbocycles. The number of amides is 1. The third-order valence-electron chi connectivity index (χ3n) is 3.66. The number of anilines is 1. The van der Waals surface area contributed by atoms with Gasteiger partial charge in [0.05, 0.1) is 29.4 Å². The highest BCUT2D eigenvalue weighted by molar-refractivity contribution is 7.89. The van der Waals surface area contributed by atoms with Gasteiger partial charge >= 0.3 is 0 Å². The number of hydrogen-bond donors (Lipinski definition) is 1. The Morgan fingerprint density at radius 1 is 1.31 bits per heavy atom. The molecule has 0 unspecified atom stereocenters.